The van der Waals surface area contributed by atoms with Crippen LogP contribution in [-0.2, 0) is 6.54 Å². The highest BCUT2D eigenvalue weighted by Gasteiger charge is 2.11. The molecule has 0 aliphatic heterocycles. The first-order chi connectivity index (χ1) is 10.5. The van der Waals surface area contributed by atoms with Gasteiger partial charge >= 0.3 is 0 Å². The highest BCUT2D eigenvalue weighted by atomic mass is 79.9. The molecule has 0 unspecified atom stereocenters. The molecular formula is C18H18BrNO2. The lowest BCUT2D eigenvalue weighted by Crippen LogP contribution is -2.01. The van der Waals surface area contributed by atoms with E-state index in [1.807, 2.05) is 12.1 Å². The van der Waals surface area contributed by atoms with Crippen LogP contribution in [0, 0.1) is 26.4 Å². The molecule has 0 aromatic heterocycles. The minimum Gasteiger partial charge on any atom is -0.493 e. The summed E-state index contributed by atoms with van der Waals surface area (Å²) in [5, 5.41) is 3.40. The van der Waals surface area contributed by atoms with Crippen LogP contribution in [0.2, 0.25) is 0 Å². The number of ether oxygens (including phenoxy) is 2. The summed E-state index contributed by atoms with van der Waals surface area (Å²) < 4.78 is 11.2. The molecule has 2 rings (SSSR count). The molecule has 114 valence electrons. The Kier molecular flexibility index (Phi) is 5.35. The molecule has 2 aromatic rings. The van der Waals surface area contributed by atoms with Gasteiger partial charge in [0.1, 0.15) is 6.11 Å². The molecule has 3 nitrogen and oxygen atoms in total. The zero-order valence-electron chi connectivity index (χ0n) is 12.9. The van der Waals surface area contributed by atoms with Crippen molar-refractivity contribution in [3.8, 4) is 24.0 Å². The van der Waals surface area contributed by atoms with Gasteiger partial charge < -0.3 is 14.8 Å². The number of hydrogen-bond acceptors (Lipinski definition) is 3. The van der Waals surface area contributed by atoms with Crippen molar-refractivity contribution in [1.29, 1.82) is 0 Å². The summed E-state index contributed by atoms with van der Waals surface area (Å²) in [6.07, 6.45) is 7.35. The van der Waals surface area contributed by atoms with E-state index < -0.39 is 0 Å². The Morgan fingerprint density at radius 2 is 1.95 bits per heavy atom. The summed E-state index contributed by atoms with van der Waals surface area (Å²) in [4.78, 5) is 0. The van der Waals surface area contributed by atoms with E-state index in [0.717, 1.165) is 15.7 Å². The molecule has 0 atom stereocenters. The Balaban J connectivity index is 2.18. The second-order valence-electron chi connectivity index (χ2n) is 4.98. The van der Waals surface area contributed by atoms with Crippen molar-refractivity contribution in [2.75, 3.05) is 12.4 Å². The second-order valence-corrected chi connectivity index (χ2v) is 5.84. The fraction of sp³-hybridized carbons (Fsp3) is 0.222. The van der Waals surface area contributed by atoms with E-state index in [1.54, 1.807) is 7.11 Å². The quantitative estimate of drug-likeness (QED) is 0.787. The monoisotopic (exact) mass is 359 g/mol. The van der Waals surface area contributed by atoms with Gasteiger partial charge in [0, 0.05) is 12.2 Å². The van der Waals surface area contributed by atoms with Gasteiger partial charge in [-0.05, 0) is 70.7 Å². The lowest BCUT2D eigenvalue weighted by molar-refractivity contribution is 0.384. The Bertz CT molecular complexity index is 720. The van der Waals surface area contributed by atoms with Crippen LogP contribution in [0.4, 0.5) is 5.69 Å². The van der Waals surface area contributed by atoms with Crippen molar-refractivity contribution in [3.05, 3.63) is 51.5 Å². The number of methoxy groups -OCH3 is 1. The van der Waals surface area contributed by atoms with Gasteiger partial charge in [0.15, 0.2) is 11.5 Å². The third kappa shape index (κ3) is 3.75. The fourth-order valence-electron chi connectivity index (χ4n) is 2.09. The third-order valence-electron chi connectivity index (χ3n) is 3.45. The van der Waals surface area contributed by atoms with Crippen LogP contribution < -0.4 is 14.8 Å². The molecule has 0 amide bonds. The van der Waals surface area contributed by atoms with Crippen molar-refractivity contribution in [3.63, 3.8) is 0 Å². The van der Waals surface area contributed by atoms with Crippen LogP contribution in [0.5, 0.6) is 11.5 Å². The normalized spacial score (nSPS) is 9.95. The van der Waals surface area contributed by atoms with Gasteiger partial charge in [0.2, 0.25) is 0 Å². The average molecular weight is 360 g/mol. The molecule has 0 saturated carbocycles. The molecule has 22 heavy (non-hydrogen) atoms. The zero-order chi connectivity index (χ0) is 16.1. The molecule has 0 aliphatic rings. The maximum absolute atomic E-state index is 5.33. The highest BCUT2D eigenvalue weighted by molar-refractivity contribution is 9.10. The van der Waals surface area contributed by atoms with E-state index in [-0.39, 0.29) is 0 Å². The Labute approximate surface area is 139 Å². The van der Waals surface area contributed by atoms with Gasteiger partial charge in [-0.3, -0.25) is 0 Å². The standard InChI is InChI=1S/C18H18BrNO2/c1-5-22-18-16(19)9-14(10-17(18)21-4)11-20-15-7-6-12(2)13(3)8-15/h1,6-10,20H,11H2,2-4H3. The van der Waals surface area contributed by atoms with E-state index in [2.05, 4.69) is 59.4 Å². The number of benzene rings is 2. The predicted octanol–water partition coefficient (Wildman–Crippen LogP) is 4.66. The van der Waals surface area contributed by atoms with Crippen molar-refractivity contribution < 1.29 is 9.47 Å². The second kappa shape index (κ2) is 7.24. The molecule has 0 fully saturated rings. The van der Waals surface area contributed by atoms with E-state index in [9.17, 15) is 0 Å². The largest absolute Gasteiger partial charge is 0.493 e. The number of nitrogens with one attached hydrogen (secondary N) is 1. The molecule has 0 saturated heterocycles. The van der Waals surface area contributed by atoms with Crippen LogP contribution in [0.25, 0.3) is 0 Å². The summed E-state index contributed by atoms with van der Waals surface area (Å²) in [6.45, 7) is 4.88. The van der Waals surface area contributed by atoms with E-state index in [4.69, 9.17) is 15.9 Å². The van der Waals surface area contributed by atoms with Gasteiger partial charge in [-0.25, -0.2) is 0 Å². The molecule has 0 spiro atoms. The topological polar surface area (TPSA) is 30.5 Å². The number of hydrogen-bond donors (Lipinski definition) is 1. The van der Waals surface area contributed by atoms with Crippen molar-refractivity contribution in [1.82, 2.24) is 0 Å². The maximum atomic E-state index is 5.33. The Hall–Kier alpha value is -2.12. The van der Waals surface area contributed by atoms with Crippen LogP contribution in [0.1, 0.15) is 16.7 Å². The summed E-state index contributed by atoms with van der Waals surface area (Å²) in [6, 6.07) is 10.2. The molecule has 0 heterocycles. The van der Waals surface area contributed by atoms with Crippen LogP contribution in [-0.4, -0.2) is 7.11 Å². The number of aryl methyl sites for hydroxylation is 2. The first-order valence-corrected chi connectivity index (χ1v) is 7.64. The molecule has 0 bridgehead atoms. The van der Waals surface area contributed by atoms with Gasteiger partial charge in [-0.1, -0.05) is 12.5 Å². The third-order valence-corrected chi connectivity index (χ3v) is 4.04. The number of rotatable bonds is 5. The Morgan fingerprint density at radius 1 is 1.18 bits per heavy atom. The Morgan fingerprint density at radius 3 is 2.59 bits per heavy atom. The van der Waals surface area contributed by atoms with Crippen LogP contribution in [0.15, 0.2) is 34.8 Å². The van der Waals surface area contributed by atoms with E-state index >= 15 is 0 Å². The molecule has 2 aromatic carbocycles. The summed E-state index contributed by atoms with van der Waals surface area (Å²) in [7, 11) is 1.59. The van der Waals surface area contributed by atoms with Gasteiger partial charge in [0.25, 0.3) is 0 Å². The molecule has 1 N–H and O–H groups in total. The SMILES string of the molecule is C#COc1c(Br)cc(CNc2ccc(C)c(C)c2)cc1OC. The summed E-state index contributed by atoms with van der Waals surface area (Å²) in [5.74, 6) is 1.11. The highest BCUT2D eigenvalue weighted by Crippen LogP contribution is 2.36. The smallest absolute Gasteiger partial charge is 0.196 e. The number of halogens is 1. The van der Waals surface area contributed by atoms with Gasteiger partial charge in [0.05, 0.1) is 11.6 Å². The van der Waals surface area contributed by atoms with Crippen molar-refractivity contribution in [2.45, 2.75) is 20.4 Å². The van der Waals surface area contributed by atoms with E-state index in [1.165, 1.54) is 11.1 Å². The maximum Gasteiger partial charge on any atom is 0.196 e. The average Bonchev–Trinajstić information content (AvgIpc) is 2.50. The predicted molar refractivity (Wildman–Crippen MR) is 93.4 cm³/mol. The van der Waals surface area contributed by atoms with Gasteiger partial charge in [-0.15, -0.1) is 0 Å². The molecule has 0 radical (unpaired) electrons. The lowest BCUT2D eigenvalue weighted by Gasteiger charge is -2.13. The van der Waals surface area contributed by atoms with Gasteiger partial charge in [-0.2, -0.15) is 0 Å². The zero-order valence-corrected chi connectivity index (χ0v) is 14.5. The van der Waals surface area contributed by atoms with Crippen molar-refractivity contribution >= 4 is 21.6 Å². The lowest BCUT2D eigenvalue weighted by atomic mass is 10.1. The molecular weight excluding hydrogens is 342 g/mol. The summed E-state index contributed by atoms with van der Waals surface area (Å²) in [5.41, 5.74) is 4.70. The van der Waals surface area contributed by atoms with Crippen LogP contribution >= 0.6 is 15.9 Å². The van der Waals surface area contributed by atoms with Crippen LogP contribution in [0.3, 0.4) is 0 Å². The molecule has 0 aliphatic carbocycles. The first kappa shape index (κ1) is 16.3. The minimum absolute atomic E-state index is 0.514. The first-order valence-electron chi connectivity index (χ1n) is 6.85. The fourth-order valence-corrected chi connectivity index (χ4v) is 2.66. The minimum atomic E-state index is 0.514. The van der Waals surface area contributed by atoms with Crippen molar-refractivity contribution in [2.24, 2.45) is 0 Å². The summed E-state index contributed by atoms with van der Waals surface area (Å²) >= 11 is 3.46. The molecule has 4 heteroatoms. The number of anilines is 1. The van der Waals surface area contributed by atoms with E-state index in [0.29, 0.717) is 18.0 Å². The number of terminal acetylenes is 1.